The van der Waals surface area contributed by atoms with Crippen molar-refractivity contribution in [1.82, 2.24) is 0 Å². The lowest BCUT2D eigenvalue weighted by Gasteiger charge is -2.19. The first-order valence-electron chi connectivity index (χ1n) is 8.02. The lowest BCUT2D eigenvalue weighted by atomic mass is 10.0. The van der Waals surface area contributed by atoms with Crippen molar-refractivity contribution in [3.05, 3.63) is 107 Å². The second-order valence-electron chi connectivity index (χ2n) is 5.81. The zero-order chi connectivity index (χ0) is 16.4. The zero-order valence-electron chi connectivity index (χ0n) is 13.5. The van der Waals surface area contributed by atoms with Crippen LogP contribution in [0.2, 0.25) is 0 Å². The maximum atomic E-state index is 6.22. The third-order valence-electron chi connectivity index (χ3n) is 4.15. The summed E-state index contributed by atoms with van der Waals surface area (Å²) in [6.07, 6.45) is 10.5. The van der Waals surface area contributed by atoms with Gasteiger partial charge in [0.15, 0.2) is 6.21 Å². The molecule has 0 atom stereocenters. The summed E-state index contributed by atoms with van der Waals surface area (Å²) in [6, 6.07) is 20.4. The predicted molar refractivity (Wildman–Crippen MR) is 98.3 cm³/mol. The Hall–Kier alpha value is -3.13. The van der Waals surface area contributed by atoms with Gasteiger partial charge in [-0.1, -0.05) is 60.7 Å². The Bertz CT molecular complexity index is 855. The van der Waals surface area contributed by atoms with Gasteiger partial charge in [0.1, 0.15) is 18.6 Å². The molecular weight excluding hydrogens is 294 g/mol. The van der Waals surface area contributed by atoms with Crippen LogP contribution in [-0.4, -0.2) is 17.8 Å². The van der Waals surface area contributed by atoms with E-state index in [1.165, 1.54) is 5.70 Å². The van der Waals surface area contributed by atoms with Crippen LogP contribution in [0.4, 0.5) is 0 Å². The number of hydrogen-bond donors (Lipinski definition) is 0. The first-order valence-corrected chi connectivity index (χ1v) is 8.02. The van der Waals surface area contributed by atoms with Crippen LogP contribution in [0.15, 0.2) is 96.2 Å². The number of likely N-dealkylation sites (N-methyl/N-ethyl adjacent to an activating group) is 1. The summed E-state index contributed by atoms with van der Waals surface area (Å²) in [4.78, 5) is 0. The van der Waals surface area contributed by atoms with E-state index in [1.807, 2.05) is 36.4 Å². The minimum absolute atomic E-state index is 0.869. The van der Waals surface area contributed by atoms with Crippen LogP contribution in [-0.2, 0) is 4.74 Å². The van der Waals surface area contributed by atoms with Crippen molar-refractivity contribution in [3.63, 3.8) is 0 Å². The number of nitrogens with zero attached hydrogens (tertiary/aromatic N) is 1. The third-order valence-corrected chi connectivity index (χ3v) is 4.15. The fourth-order valence-electron chi connectivity index (χ4n) is 2.90. The summed E-state index contributed by atoms with van der Waals surface area (Å²) in [7, 11) is 2.06. The molecule has 2 aromatic rings. The molecule has 0 aromatic heterocycles. The topological polar surface area (TPSA) is 12.2 Å². The fourth-order valence-corrected chi connectivity index (χ4v) is 2.90. The van der Waals surface area contributed by atoms with E-state index in [0.717, 1.165) is 28.2 Å². The van der Waals surface area contributed by atoms with Crippen LogP contribution in [0.1, 0.15) is 11.1 Å². The second-order valence-corrected chi connectivity index (χ2v) is 5.81. The van der Waals surface area contributed by atoms with E-state index in [4.69, 9.17) is 4.74 Å². The molecule has 2 aromatic carbocycles. The lowest BCUT2D eigenvalue weighted by Crippen LogP contribution is -2.05. The molecule has 2 heterocycles. The second kappa shape index (κ2) is 6.17. The van der Waals surface area contributed by atoms with Crippen molar-refractivity contribution in [3.8, 4) is 0 Å². The van der Waals surface area contributed by atoms with Crippen molar-refractivity contribution in [2.24, 2.45) is 0 Å². The molecule has 2 nitrogen and oxygen atoms in total. The number of rotatable bonds is 2. The minimum Gasteiger partial charge on any atom is -0.456 e. The van der Waals surface area contributed by atoms with Gasteiger partial charge in [0, 0.05) is 23.3 Å². The van der Waals surface area contributed by atoms with Gasteiger partial charge < -0.3 is 4.74 Å². The normalized spacial score (nSPS) is 16.5. The highest BCUT2D eigenvalue weighted by Crippen LogP contribution is 2.33. The van der Waals surface area contributed by atoms with Gasteiger partial charge in [0.25, 0.3) is 0 Å². The standard InChI is InChI=1S/C22H18NO/c1-23-14-8-13-20(23)19-15-21(17-9-4-2-5-10-17)24-22(16-19)18-11-6-3-7-12-18/h2-16H,1H3/q+1. The number of ether oxygens (including phenoxy) is 1. The van der Waals surface area contributed by atoms with Crippen molar-refractivity contribution >= 4 is 17.7 Å². The molecule has 2 heteroatoms. The molecule has 0 unspecified atom stereocenters. The minimum atomic E-state index is 0.869. The van der Waals surface area contributed by atoms with Gasteiger partial charge in [0.05, 0.1) is 5.57 Å². The van der Waals surface area contributed by atoms with Gasteiger partial charge in [-0.25, -0.2) is 4.58 Å². The van der Waals surface area contributed by atoms with E-state index in [0.29, 0.717) is 0 Å². The van der Waals surface area contributed by atoms with Crippen LogP contribution in [0, 0.1) is 0 Å². The van der Waals surface area contributed by atoms with Crippen molar-refractivity contribution in [1.29, 1.82) is 0 Å². The molecule has 2 aliphatic rings. The molecule has 0 radical (unpaired) electrons. The Morgan fingerprint density at radius 3 is 1.75 bits per heavy atom. The molecule has 2 aliphatic heterocycles. The highest BCUT2D eigenvalue weighted by molar-refractivity contribution is 5.79. The summed E-state index contributed by atoms with van der Waals surface area (Å²) in [5.74, 6) is 1.74. The van der Waals surface area contributed by atoms with E-state index in [2.05, 4.69) is 66.4 Å². The van der Waals surface area contributed by atoms with Crippen molar-refractivity contribution in [2.75, 3.05) is 7.05 Å². The number of allylic oxidation sites excluding steroid dienone is 5. The molecule has 0 N–H and O–H groups in total. The van der Waals surface area contributed by atoms with Gasteiger partial charge in [-0.2, -0.15) is 0 Å². The molecule has 0 amide bonds. The Morgan fingerprint density at radius 2 is 1.29 bits per heavy atom. The first-order chi connectivity index (χ1) is 11.8. The number of hydrogen-bond acceptors (Lipinski definition) is 1. The van der Waals surface area contributed by atoms with Crippen LogP contribution >= 0.6 is 0 Å². The van der Waals surface area contributed by atoms with Gasteiger partial charge in [-0.05, 0) is 12.2 Å². The highest BCUT2D eigenvalue weighted by atomic mass is 16.5. The summed E-state index contributed by atoms with van der Waals surface area (Å²) in [5, 5.41) is 0. The van der Waals surface area contributed by atoms with Crippen LogP contribution < -0.4 is 0 Å². The average molecular weight is 312 g/mol. The average Bonchev–Trinajstić information content (AvgIpc) is 3.09. The molecule has 0 spiro atoms. The fraction of sp³-hybridized carbons (Fsp3) is 0.0455. The van der Waals surface area contributed by atoms with Crippen LogP contribution in [0.3, 0.4) is 0 Å². The Morgan fingerprint density at radius 1 is 0.750 bits per heavy atom. The van der Waals surface area contributed by atoms with Crippen molar-refractivity contribution < 1.29 is 9.31 Å². The molecule has 24 heavy (non-hydrogen) atoms. The summed E-state index contributed by atoms with van der Waals surface area (Å²) < 4.78 is 8.34. The van der Waals surface area contributed by atoms with Gasteiger partial charge in [-0.3, -0.25) is 0 Å². The predicted octanol–water partition coefficient (Wildman–Crippen LogP) is 4.64. The monoisotopic (exact) mass is 312 g/mol. The first kappa shape index (κ1) is 14.5. The molecule has 0 saturated heterocycles. The Labute approximate surface area is 142 Å². The maximum Gasteiger partial charge on any atom is 0.212 e. The quantitative estimate of drug-likeness (QED) is 0.736. The largest absolute Gasteiger partial charge is 0.456 e. The highest BCUT2D eigenvalue weighted by Gasteiger charge is 2.21. The van der Waals surface area contributed by atoms with E-state index in [-0.39, 0.29) is 0 Å². The Balaban J connectivity index is 1.85. The summed E-state index contributed by atoms with van der Waals surface area (Å²) in [5.41, 5.74) is 4.46. The van der Waals surface area contributed by atoms with E-state index < -0.39 is 0 Å². The number of benzene rings is 2. The Kier molecular flexibility index (Phi) is 3.72. The molecule has 0 saturated carbocycles. The smallest absolute Gasteiger partial charge is 0.212 e. The van der Waals surface area contributed by atoms with Crippen LogP contribution in [0.25, 0.3) is 11.5 Å². The maximum absolute atomic E-state index is 6.22. The molecule has 0 bridgehead atoms. The molecule has 4 rings (SSSR count). The van der Waals surface area contributed by atoms with Gasteiger partial charge in [-0.15, -0.1) is 0 Å². The third kappa shape index (κ3) is 2.74. The molecule has 116 valence electrons. The SMILES string of the molecule is C[N+]1=CC=CC1=C1C=C(c2ccccc2)OC(c2ccccc2)=C1. The van der Waals surface area contributed by atoms with Crippen molar-refractivity contribution in [2.45, 2.75) is 0 Å². The van der Waals surface area contributed by atoms with Gasteiger partial charge in [0.2, 0.25) is 5.70 Å². The van der Waals surface area contributed by atoms with E-state index in [9.17, 15) is 0 Å². The van der Waals surface area contributed by atoms with Gasteiger partial charge >= 0.3 is 0 Å². The van der Waals surface area contributed by atoms with E-state index >= 15 is 0 Å². The molecular formula is C22H18NO+. The zero-order valence-corrected chi connectivity index (χ0v) is 13.5. The summed E-state index contributed by atoms with van der Waals surface area (Å²) >= 11 is 0. The molecule has 0 fully saturated rings. The lowest BCUT2D eigenvalue weighted by molar-refractivity contribution is -0.429. The van der Waals surface area contributed by atoms with E-state index in [1.54, 1.807) is 0 Å². The summed E-state index contributed by atoms with van der Waals surface area (Å²) in [6.45, 7) is 0. The molecule has 0 aliphatic carbocycles. The van der Waals surface area contributed by atoms with Crippen LogP contribution in [0.5, 0.6) is 0 Å².